The second kappa shape index (κ2) is 14.6. The molecule has 146 valence electrons. The molecule has 1 rings (SSSR count). The van der Waals surface area contributed by atoms with Crippen molar-refractivity contribution in [3.63, 3.8) is 0 Å². The van der Waals surface area contributed by atoms with Crippen molar-refractivity contribution in [2.24, 2.45) is 0 Å². The van der Waals surface area contributed by atoms with E-state index in [1.54, 1.807) is 6.07 Å². The highest BCUT2D eigenvalue weighted by molar-refractivity contribution is 6.17. The number of carbonyl (C=O) groups is 2. The number of carbonyl (C=O) groups excluding carboxylic acids is 2. The van der Waals surface area contributed by atoms with Gasteiger partial charge in [-0.1, -0.05) is 44.7 Å². The second-order valence-electron chi connectivity index (χ2n) is 6.36. The van der Waals surface area contributed by atoms with Crippen LogP contribution in [0.4, 0.5) is 0 Å². The average molecular weight is 383 g/mol. The number of aryl methyl sites for hydroxylation is 1. The van der Waals surface area contributed by atoms with Gasteiger partial charge < -0.3 is 9.47 Å². The smallest absolute Gasteiger partial charge is 0.311 e. The van der Waals surface area contributed by atoms with Gasteiger partial charge in [0.25, 0.3) is 0 Å². The molecule has 0 aliphatic carbocycles. The van der Waals surface area contributed by atoms with Crippen LogP contribution < -0.4 is 4.74 Å². The molecule has 0 bridgehead atoms. The average Bonchev–Trinajstić information content (AvgIpc) is 2.64. The van der Waals surface area contributed by atoms with Gasteiger partial charge in [-0.05, 0) is 43.4 Å². The summed E-state index contributed by atoms with van der Waals surface area (Å²) in [7, 11) is 0. The van der Waals surface area contributed by atoms with E-state index in [0.29, 0.717) is 18.8 Å². The van der Waals surface area contributed by atoms with Gasteiger partial charge in [-0.3, -0.25) is 9.59 Å². The normalized spacial score (nSPS) is 10.5. The molecule has 26 heavy (non-hydrogen) atoms. The highest BCUT2D eigenvalue weighted by Gasteiger charge is 2.08. The van der Waals surface area contributed by atoms with Gasteiger partial charge in [0.1, 0.15) is 5.75 Å². The standard InChI is InChI=1S/C21H31ClO4/c1-2-18-11-9-12-19(17-18)26-21(24)14-10-13-20(23)25-16-8-6-4-3-5-7-15-22/h9,11-12,17H,2-8,10,13-16H2,1H3. The maximum absolute atomic E-state index is 11.8. The van der Waals surface area contributed by atoms with Crippen LogP contribution in [0.5, 0.6) is 5.75 Å². The lowest BCUT2D eigenvalue weighted by molar-refractivity contribution is -0.144. The minimum atomic E-state index is -0.317. The molecule has 0 fully saturated rings. The van der Waals surface area contributed by atoms with Crippen molar-refractivity contribution in [2.75, 3.05) is 12.5 Å². The quantitative estimate of drug-likeness (QED) is 0.186. The van der Waals surface area contributed by atoms with Crippen molar-refractivity contribution in [3.8, 4) is 5.75 Å². The monoisotopic (exact) mass is 382 g/mol. The van der Waals surface area contributed by atoms with Gasteiger partial charge in [-0.25, -0.2) is 0 Å². The summed E-state index contributed by atoms with van der Waals surface area (Å²) in [6.07, 6.45) is 8.34. The first kappa shape index (κ1) is 22.5. The largest absolute Gasteiger partial charge is 0.466 e. The van der Waals surface area contributed by atoms with Crippen LogP contribution >= 0.6 is 11.6 Å². The van der Waals surface area contributed by atoms with Gasteiger partial charge >= 0.3 is 11.9 Å². The molecule has 0 saturated carbocycles. The molecule has 0 saturated heterocycles. The molecular weight excluding hydrogens is 352 g/mol. The van der Waals surface area contributed by atoms with Crippen LogP contribution in [-0.4, -0.2) is 24.4 Å². The maximum atomic E-state index is 11.8. The Morgan fingerprint density at radius 2 is 1.62 bits per heavy atom. The summed E-state index contributed by atoms with van der Waals surface area (Å²) >= 11 is 5.63. The van der Waals surface area contributed by atoms with Crippen LogP contribution in [-0.2, 0) is 20.7 Å². The van der Waals surface area contributed by atoms with Crippen molar-refractivity contribution >= 4 is 23.5 Å². The van der Waals surface area contributed by atoms with E-state index >= 15 is 0 Å². The SMILES string of the molecule is CCc1cccc(OC(=O)CCCC(=O)OCCCCCCCCCl)c1. The number of rotatable bonds is 14. The zero-order chi connectivity index (χ0) is 19.0. The van der Waals surface area contributed by atoms with E-state index in [-0.39, 0.29) is 24.8 Å². The summed E-state index contributed by atoms with van der Waals surface area (Å²) in [5.41, 5.74) is 1.12. The van der Waals surface area contributed by atoms with E-state index in [0.717, 1.165) is 43.5 Å². The number of alkyl halides is 1. The summed E-state index contributed by atoms with van der Waals surface area (Å²) in [5.74, 6) is 0.731. The Morgan fingerprint density at radius 1 is 0.923 bits per heavy atom. The van der Waals surface area contributed by atoms with E-state index in [9.17, 15) is 9.59 Å². The Kier molecular flexibility index (Phi) is 12.6. The van der Waals surface area contributed by atoms with Gasteiger partial charge in [-0.15, -0.1) is 11.6 Å². The number of hydrogen-bond acceptors (Lipinski definition) is 4. The first-order chi connectivity index (χ1) is 12.7. The third kappa shape index (κ3) is 11.1. The number of halogens is 1. The molecule has 0 aromatic heterocycles. The van der Waals surface area contributed by atoms with E-state index in [2.05, 4.69) is 0 Å². The first-order valence-electron chi connectivity index (χ1n) is 9.67. The fourth-order valence-electron chi connectivity index (χ4n) is 2.55. The molecular formula is C21H31ClO4. The lowest BCUT2D eigenvalue weighted by atomic mass is 10.1. The number of unbranched alkanes of at least 4 members (excludes halogenated alkanes) is 5. The Morgan fingerprint density at radius 3 is 2.35 bits per heavy atom. The van der Waals surface area contributed by atoms with Crippen LogP contribution in [0.1, 0.15) is 70.3 Å². The Balaban J connectivity index is 2.03. The fourth-order valence-corrected chi connectivity index (χ4v) is 2.74. The van der Waals surface area contributed by atoms with Crippen molar-refractivity contribution in [3.05, 3.63) is 29.8 Å². The third-order valence-electron chi connectivity index (χ3n) is 4.09. The molecule has 0 atom stereocenters. The molecule has 0 aliphatic rings. The molecule has 4 nitrogen and oxygen atoms in total. The molecule has 0 aliphatic heterocycles. The maximum Gasteiger partial charge on any atom is 0.311 e. The van der Waals surface area contributed by atoms with Crippen LogP contribution in [0.2, 0.25) is 0 Å². The van der Waals surface area contributed by atoms with Gasteiger partial charge in [-0.2, -0.15) is 0 Å². The third-order valence-corrected chi connectivity index (χ3v) is 4.36. The molecule has 0 spiro atoms. The summed E-state index contributed by atoms with van der Waals surface area (Å²) < 4.78 is 10.5. The molecule has 0 unspecified atom stereocenters. The zero-order valence-corrected chi connectivity index (χ0v) is 16.6. The van der Waals surface area contributed by atoms with Crippen molar-refractivity contribution in [2.45, 2.75) is 71.1 Å². The van der Waals surface area contributed by atoms with Gasteiger partial charge in [0.2, 0.25) is 0 Å². The molecule has 0 heterocycles. The summed E-state index contributed by atoms with van der Waals surface area (Å²) in [6, 6.07) is 7.49. The van der Waals surface area contributed by atoms with Crippen molar-refractivity contribution in [1.82, 2.24) is 0 Å². The van der Waals surface area contributed by atoms with Gasteiger partial charge in [0.05, 0.1) is 6.61 Å². The van der Waals surface area contributed by atoms with Crippen LogP contribution in [0.25, 0.3) is 0 Å². The Hall–Kier alpha value is -1.55. The first-order valence-corrected chi connectivity index (χ1v) is 10.2. The molecule has 0 amide bonds. The van der Waals surface area contributed by atoms with E-state index < -0.39 is 0 Å². The van der Waals surface area contributed by atoms with Crippen molar-refractivity contribution in [1.29, 1.82) is 0 Å². The number of esters is 2. The topological polar surface area (TPSA) is 52.6 Å². The zero-order valence-electron chi connectivity index (χ0n) is 15.8. The molecule has 1 aromatic rings. The Labute approximate surface area is 162 Å². The van der Waals surface area contributed by atoms with Crippen molar-refractivity contribution < 1.29 is 19.1 Å². The summed E-state index contributed by atoms with van der Waals surface area (Å²) in [5, 5.41) is 0. The van der Waals surface area contributed by atoms with Gasteiger partial charge in [0.15, 0.2) is 0 Å². The summed E-state index contributed by atoms with van der Waals surface area (Å²) in [4.78, 5) is 23.5. The number of ether oxygens (including phenoxy) is 2. The lowest BCUT2D eigenvalue weighted by Gasteiger charge is -2.06. The predicted octanol–water partition coefficient (Wildman–Crippen LogP) is 5.45. The number of benzene rings is 1. The highest BCUT2D eigenvalue weighted by Crippen LogP contribution is 2.15. The fraction of sp³-hybridized carbons (Fsp3) is 0.619. The molecule has 5 heteroatoms. The molecule has 1 aromatic carbocycles. The second-order valence-corrected chi connectivity index (χ2v) is 6.74. The van der Waals surface area contributed by atoms with Gasteiger partial charge in [0, 0.05) is 18.7 Å². The van der Waals surface area contributed by atoms with E-state index in [1.165, 1.54) is 12.8 Å². The van der Waals surface area contributed by atoms with E-state index in [1.807, 2.05) is 25.1 Å². The highest BCUT2D eigenvalue weighted by atomic mass is 35.5. The van der Waals surface area contributed by atoms with Crippen LogP contribution in [0.3, 0.4) is 0 Å². The minimum absolute atomic E-state index is 0.214. The van der Waals surface area contributed by atoms with Crippen LogP contribution in [0.15, 0.2) is 24.3 Å². The van der Waals surface area contributed by atoms with E-state index in [4.69, 9.17) is 21.1 Å². The summed E-state index contributed by atoms with van der Waals surface area (Å²) in [6.45, 7) is 2.51. The Bertz CT molecular complexity index is 530. The predicted molar refractivity (Wildman–Crippen MR) is 105 cm³/mol. The van der Waals surface area contributed by atoms with Crippen LogP contribution in [0, 0.1) is 0 Å². The lowest BCUT2D eigenvalue weighted by Crippen LogP contribution is -2.10. The minimum Gasteiger partial charge on any atom is -0.466 e. The molecule has 0 radical (unpaired) electrons. The molecule has 0 N–H and O–H groups in total. The number of hydrogen-bond donors (Lipinski definition) is 0.